The lowest BCUT2D eigenvalue weighted by atomic mass is 10.3. The predicted octanol–water partition coefficient (Wildman–Crippen LogP) is 2.01. The molecule has 0 radical (unpaired) electrons. The fourth-order valence-corrected chi connectivity index (χ4v) is 3.14. The summed E-state index contributed by atoms with van der Waals surface area (Å²) in [7, 11) is 0. The first-order chi connectivity index (χ1) is 9.42. The molecule has 1 fully saturated rings. The van der Waals surface area contributed by atoms with Gasteiger partial charge in [0, 0.05) is 12.3 Å². The summed E-state index contributed by atoms with van der Waals surface area (Å²) in [5, 5.41) is 6.56. The van der Waals surface area contributed by atoms with E-state index >= 15 is 0 Å². The first-order valence-electron chi connectivity index (χ1n) is 6.00. The maximum Gasteiger partial charge on any atom is 0.337 e. The predicted molar refractivity (Wildman–Crippen MR) is 76.9 cm³/mol. The Bertz CT molecular complexity index is 508. The first kappa shape index (κ1) is 15.0. The van der Waals surface area contributed by atoms with Crippen molar-refractivity contribution in [2.75, 3.05) is 12.3 Å². The van der Waals surface area contributed by atoms with E-state index in [2.05, 4.69) is 0 Å². The highest BCUT2D eigenvalue weighted by Gasteiger charge is 2.44. The van der Waals surface area contributed by atoms with E-state index in [1.165, 1.54) is 23.6 Å². The summed E-state index contributed by atoms with van der Waals surface area (Å²) in [6.45, 7) is 1.77. The topological polar surface area (TPSA) is 66.8 Å². The lowest BCUT2D eigenvalue weighted by Crippen LogP contribution is -2.50. The van der Waals surface area contributed by atoms with Crippen LogP contribution in [0.4, 0.5) is 0 Å². The van der Waals surface area contributed by atoms with Crippen molar-refractivity contribution < 1.29 is 19.4 Å². The van der Waals surface area contributed by atoms with Gasteiger partial charge in [-0.2, -0.15) is 0 Å². The van der Waals surface area contributed by atoms with Crippen LogP contribution in [0.25, 0.3) is 0 Å². The Kier molecular flexibility index (Phi) is 4.45. The maximum atomic E-state index is 12.4. The van der Waals surface area contributed by atoms with E-state index in [1.54, 1.807) is 24.3 Å². The van der Waals surface area contributed by atoms with E-state index in [0.29, 0.717) is 18.0 Å². The van der Waals surface area contributed by atoms with E-state index in [-0.39, 0.29) is 0 Å². The molecule has 0 bridgehead atoms. The molecule has 1 aliphatic heterocycles. The van der Waals surface area contributed by atoms with E-state index in [4.69, 9.17) is 21.4 Å². The van der Waals surface area contributed by atoms with Crippen LogP contribution in [-0.4, -0.2) is 44.6 Å². The number of thioether (sulfide) groups is 1. The number of carbonyl (C=O) groups is 2. The van der Waals surface area contributed by atoms with Crippen molar-refractivity contribution in [3.63, 3.8) is 0 Å². The molecule has 0 saturated carbocycles. The van der Waals surface area contributed by atoms with Crippen LogP contribution in [0.15, 0.2) is 30.3 Å². The van der Waals surface area contributed by atoms with Gasteiger partial charge in [0.1, 0.15) is 5.75 Å². The highest BCUT2D eigenvalue weighted by atomic mass is 35.5. The molecule has 1 amide bonds. The minimum atomic E-state index is -1.63. The summed E-state index contributed by atoms with van der Waals surface area (Å²) < 4.78 is 5.48. The Morgan fingerprint density at radius 2 is 2.10 bits per heavy atom. The normalized spacial score (nSPS) is 21.3. The smallest absolute Gasteiger partial charge is 0.337 e. The second kappa shape index (κ2) is 5.93. The number of carboxylic acids is 1. The lowest BCUT2D eigenvalue weighted by Gasteiger charge is -2.29. The van der Waals surface area contributed by atoms with Crippen LogP contribution in [0.3, 0.4) is 0 Å². The van der Waals surface area contributed by atoms with E-state index in [9.17, 15) is 9.59 Å². The summed E-state index contributed by atoms with van der Waals surface area (Å²) in [6, 6.07) is 8.71. The van der Waals surface area contributed by atoms with Crippen molar-refractivity contribution in [3.05, 3.63) is 30.3 Å². The number of ether oxygens (including phenoxy) is 1. The molecule has 1 aliphatic rings. The third kappa shape index (κ3) is 3.19. The summed E-state index contributed by atoms with van der Waals surface area (Å²) in [5.74, 6) is -0.563. The Hall–Kier alpha value is -1.40. The minimum Gasteiger partial charge on any atom is -0.479 e. The Balaban J connectivity index is 2.12. The number of nitrogens with zero attached hydrogens (tertiary/aromatic N) is 1. The quantitative estimate of drug-likeness (QED) is 0.861. The maximum absolute atomic E-state index is 12.4. The molecule has 0 aromatic heterocycles. The second-order valence-corrected chi connectivity index (χ2v) is 6.30. The molecule has 7 heteroatoms. The highest BCUT2D eigenvalue weighted by Crippen LogP contribution is 2.30. The number of rotatable bonds is 4. The van der Waals surface area contributed by atoms with Crippen LogP contribution in [0.2, 0.25) is 0 Å². The van der Waals surface area contributed by atoms with E-state index < -0.39 is 22.3 Å². The first-order valence-corrected chi connectivity index (χ1v) is 7.43. The molecule has 0 spiro atoms. The van der Waals surface area contributed by atoms with Gasteiger partial charge in [-0.15, -0.1) is 11.8 Å². The lowest BCUT2D eigenvalue weighted by molar-refractivity contribution is -0.149. The number of halogens is 1. The second-order valence-electron chi connectivity index (χ2n) is 4.39. The number of aliphatic carboxylic acids is 1. The van der Waals surface area contributed by atoms with Gasteiger partial charge in [0.2, 0.25) is 0 Å². The number of amides is 1. The van der Waals surface area contributed by atoms with Gasteiger partial charge in [0.25, 0.3) is 11.0 Å². The summed E-state index contributed by atoms with van der Waals surface area (Å²) >= 11 is 7.36. The van der Waals surface area contributed by atoms with Gasteiger partial charge < -0.3 is 14.7 Å². The van der Waals surface area contributed by atoms with Gasteiger partial charge in [0.05, 0.1) is 0 Å². The van der Waals surface area contributed by atoms with Crippen LogP contribution in [-0.2, 0) is 9.59 Å². The van der Waals surface area contributed by atoms with Crippen molar-refractivity contribution >= 4 is 35.2 Å². The monoisotopic (exact) mass is 315 g/mol. The molecular weight excluding hydrogens is 302 g/mol. The molecule has 1 aromatic carbocycles. The Morgan fingerprint density at radius 1 is 1.45 bits per heavy atom. The summed E-state index contributed by atoms with van der Waals surface area (Å²) in [5.41, 5.74) is 0. The molecule has 1 heterocycles. The fraction of sp³-hybridized carbons (Fsp3) is 0.385. The number of carboxylic acid groups (broad SMARTS) is 1. The van der Waals surface area contributed by atoms with Gasteiger partial charge >= 0.3 is 5.97 Å². The molecule has 108 valence electrons. The van der Waals surface area contributed by atoms with Gasteiger partial charge in [-0.25, -0.2) is 4.79 Å². The molecule has 2 atom stereocenters. The average Bonchev–Trinajstić information content (AvgIpc) is 2.87. The Morgan fingerprint density at radius 3 is 2.70 bits per heavy atom. The zero-order valence-electron chi connectivity index (χ0n) is 10.8. The number of para-hydroxylation sites is 1. The summed E-state index contributed by atoms with van der Waals surface area (Å²) in [6.07, 6.45) is 0. The van der Waals surface area contributed by atoms with Crippen LogP contribution in [0, 0.1) is 0 Å². The molecule has 0 aliphatic carbocycles. The van der Waals surface area contributed by atoms with Crippen LogP contribution in [0.5, 0.6) is 5.75 Å². The van der Waals surface area contributed by atoms with Gasteiger partial charge in [-0.05, 0) is 19.1 Å². The fourth-order valence-electron chi connectivity index (χ4n) is 1.89. The number of alkyl halides is 1. The van der Waals surface area contributed by atoms with Crippen LogP contribution >= 0.6 is 23.4 Å². The zero-order chi connectivity index (χ0) is 14.8. The van der Waals surface area contributed by atoms with Crippen molar-refractivity contribution in [2.24, 2.45) is 0 Å². The van der Waals surface area contributed by atoms with E-state index in [1.807, 2.05) is 6.07 Å². The SMILES string of the molecule is CC(Cl)(Oc1ccccc1)C(=O)N1CCSC1C(=O)O. The molecule has 20 heavy (non-hydrogen) atoms. The number of benzene rings is 1. The number of hydrogen-bond acceptors (Lipinski definition) is 4. The molecule has 2 unspecified atom stereocenters. The van der Waals surface area contributed by atoms with Crippen molar-refractivity contribution in [3.8, 4) is 5.75 Å². The third-order valence-electron chi connectivity index (χ3n) is 2.80. The molecule has 1 saturated heterocycles. The molecule has 2 rings (SSSR count). The minimum absolute atomic E-state index is 0.348. The van der Waals surface area contributed by atoms with Gasteiger partial charge in [0.15, 0.2) is 5.37 Å². The standard InChI is InChI=1S/C13H14ClNO4S/c1-13(14,19-9-5-3-2-4-6-9)12(18)15-7-8-20-10(15)11(16)17/h2-6,10H,7-8H2,1H3,(H,16,17). The largest absolute Gasteiger partial charge is 0.479 e. The molecule has 1 aromatic rings. The van der Waals surface area contributed by atoms with E-state index in [0.717, 1.165) is 0 Å². The van der Waals surface area contributed by atoms with Gasteiger partial charge in [-0.1, -0.05) is 29.8 Å². The zero-order valence-corrected chi connectivity index (χ0v) is 12.4. The highest BCUT2D eigenvalue weighted by molar-refractivity contribution is 8.00. The Labute approximate surface area is 125 Å². The molecule has 1 N–H and O–H groups in total. The van der Waals surface area contributed by atoms with Gasteiger partial charge in [-0.3, -0.25) is 4.79 Å². The molecule has 5 nitrogen and oxygen atoms in total. The third-order valence-corrected chi connectivity index (χ3v) is 4.23. The average molecular weight is 316 g/mol. The summed E-state index contributed by atoms with van der Waals surface area (Å²) in [4.78, 5) is 24.7. The number of hydrogen-bond donors (Lipinski definition) is 1. The van der Waals surface area contributed by atoms with Crippen molar-refractivity contribution in [1.82, 2.24) is 4.90 Å². The van der Waals surface area contributed by atoms with Crippen LogP contribution in [0.1, 0.15) is 6.92 Å². The molecular formula is C13H14ClNO4S. The van der Waals surface area contributed by atoms with Crippen LogP contribution < -0.4 is 4.74 Å². The van der Waals surface area contributed by atoms with Crippen molar-refractivity contribution in [2.45, 2.75) is 17.4 Å². The number of carbonyl (C=O) groups excluding carboxylic acids is 1. The van der Waals surface area contributed by atoms with Crippen molar-refractivity contribution in [1.29, 1.82) is 0 Å².